The molecule has 21 heavy (non-hydrogen) atoms. The van der Waals surface area contributed by atoms with Crippen molar-refractivity contribution in [3.63, 3.8) is 0 Å². The first-order valence-corrected chi connectivity index (χ1v) is 7.86. The summed E-state index contributed by atoms with van der Waals surface area (Å²) < 4.78 is 2.00. The van der Waals surface area contributed by atoms with Crippen molar-refractivity contribution in [2.45, 2.75) is 45.1 Å². The van der Waals surface area contributed by atoms with Gasteiger partial charge >= 0.3 is 5.69 Å². The number of imidazole rings is 1. The van der Waals surface area contributed by atoms with Gasteiger partial charge in [-0.25, -0.2) is 9.78 Å². The summed E-state index contributed by atoms with van der Waals surface area (Å²) >= 11 is 0. The van der Waals surface area contributed by atoms with Crippen LogP contribution >= 0.6 is 0 Å². The average molecular weight is 284 g/mol. The molecule has 0 amide bonds. The lowest BCUT2D eigenvalue weighted by Crippen LogP contribution is -2.30. The van der Waals surface area contributed by atoms with Crippen LogP contribution < -0.4 is 5.69 Å². The predicted molar refractivity (Wildman–Crippen MR) is 83.5 cm³/mol. The molecule has 0 aliphatic heterocycles. The van der Waals surface area contributed by atoms with E-state index in [1.54, 1.807) is 6.20 Å². The minimum atomic E-state index is 0.00542. The van der Waals surface area contributed by atoms with Crippen LogP contribution in [-0.4, -0.2) is 19.5 Å². The molecular weight excluding hydrogens is 264 g/mol. The first-order valence-electron chi connectivity index (χ1n) is 7.86. The van der Waals surface area contributed by atoms with Gasteiger partial charge in [0.05, 0.1) is 17.2 Å². The van der Waals surface area contributed by atoms with Crippen LogP contribution in [0.5, 0.6) is 0 Å². The van der Waals surface area contributed by atoms with Crippen LogP contribution in [0.4, 0.5) is 0 Å². The standard InChI is InChI=1S/C16H20N4O/c1-2-10-5-3-4-6-13(10)20-14-11-7-8-17-15(11)18-9-12(14)19-16(20)21/h7-10,13H,2-6H2,1H3,(H,17,18)(H,19,21)/t10-,13+/m1/s1. The maximum absolute atomic E-state index is 12.5. The second kappa shape index (κ2) is 4.76. The minimum Gasteiger partial charge on any atom is -0.346 e. The molecule has 0 bridgehead atoms. The fraction of sp³-hybridized carbons (Fsp3) is 0.500. The number of hydrogen-bond acceptors (Lipinski definition) is 2. The lowest BCUT2D eigenvalue weighted by atomic mass is 9.82. The maximum Gasteiger partial charge on any atom is 0.326 e. The van der Waals surface area contributed by atoms with E-state index in [1.165, 1.54) is 19.3 Å². The van der Waals surface area contributed by atoms with Gasteiger partial charge in [0.2, 0.25) is 0 Å². The molecule has 5 nitrogen and oxygen atoms in total. The number of rotatable bonds is 2. The Balaban J connectivity index is 2.00. The second-order valence-corrected chi connectivity index (χ2v) is 6.08. The normalized spacial score (nSPS) is 23.1. The van der Waals surface area contributed by atoms with Crippen LogP contribution in [0, 0.1) is 5.92 Å². The number of hydrogen-bond donors (Lipinski definition) is 2. The number of pyridine rings is 1. The van der Waals surface area contributed by atoms with E-state index in [9.17, 15) is 4.79 Å². The summed E-state index contributed by atoms with van der Waals surface area (Å²) in [4.78, 5) is 23.0. The zero-order valence-electron chi connectivity index (χ0n) is 12.2. The molecule has 2 N–H and O–H groups in total. The van der Waals surface area contributed by atoms with Crippen LogP contribution in [0.3, 0.4) is 0 Å². The minimum absolute atomic E-state index is 0.00542. The summed E-state index contributed by atoms with van der Waals surface area (Å²) in [6.45, 7) is 2.23. The van der Waals surface area contributed by atoms with Crippen molar-refractivity contribution >= 4 is 22.1 Å². The van der Waals surface area contributed by atoms with E-state index in [0.29, 0.717) is 12.0 Å². The first kappa shape index (κ1) is 12.7. The third-order valence-corrected chi connectivity index (χ3v) is 4.98. The molecule has 1 fully saturated rings. The van der Waals surface area contributed by atoms with Crippen molar-refractivity contribution in [1.82, 2.24) is 19.5 Å². The Labute approximate surface area is 122 Å². The van der Waals surface area contributed by atoms with E-state index < -0.39 is 0 Å². The Bertz CT molecular complexity index is 841. The van der Waals surface area contributed by atoms with E-state index in [2.05, 4.69) is 21.9 Å². The Morgan fingerprint density at radius 2 is 2.24 bits per heavy atom. The summed E-state index contributed by atoms with van der Waals surface area (Å²) in [5, 5.41) is 1.03. The molecule has 1 aliphatic rings. The average Bonchev–Trinajstić information content (AvgIpc) is 3.09. The van der Waals surface area contributed by atoms with Crippen molar-refractivity contribution < 1.29 is 0 Å². The number of aromatic amines is 2. The molecule has 1 saturated carbocycles. The van der Waals surface area contributed by atoms with Gasteiger partial charge in [-0.3, -0.25) is 4.57 Å². The summed E-state index contributed by atoms with van der Waals surface area (Å²) in [5.41, 5.74) is 2.70. The van der Waals surface area contributed by atoms with Crippen LogP contribution in [0.25, 0.3) is 22.1 Å². The predicted octanol–water partition coefficient (Wildman–Crippen LogP) is 3.35. The zero-order chi connectivity index (χ0) is 14.4. The number of aromatic nitrogens is 4. The second-order valence-electron chi connectivity index (χ2n) is 6.08. The molecule has 2 atom stereocenters. The Morgan fingerprint density at radius 1 is 1.38 bits per heavy atom. The van der Waals surface area contributed by atoms with Gasteiger partial charge in [0.15, 0.2) is 0 Å². The number of nitrogens with one attached hydrogen (secondary N) is 2. The van der Waals surface area contributed by atoms with Crippen molar-refractivity contribution in [3.8, 4) is 0 Å². The monoisotopic (exact) mass is 284 g/mol. The molecule has 0 radical (unpaired) electrons. The van der Waals surface area contributed by atoms with Crippen molar-refractivity contribution in [1.29, 1.82) is 0 Å². The van der Waals surface area contributed by atoms with Gasteiger partial charge in [0.1, 0.15) is 5.65 Å². The van der Waals surface area contributed by atoms with Gasteiger partial charge in [-0.15, -0.1) is 0 Å². The van der Waals surface area contributed by atoms with E-state index in [4.69, 9.17) is 0 Å². The van der Waals surface area contributed by atoms with Gasteiger partial charge in [-0.1, -0.05) is 26.2 Å². The molecule has 110 valence electrons. The van der Waals surface area contributed by atoms with Crippen LogP contribution in [0.1, 0.15) is 45.1 Å². The molecule has 1 aliphatic carbocycles. The molecule has 4 rings (SSSR count). The van der Waals surface area contributed by atoms with E-state index in [0.717, 1.165) is 34.9 Å². The quantitative estimate of drug-likeness (QED) is 0.758. The van der Waals surface area contributed by atoms with E-state index >= 15 is 0 Å². The summed E-state index contributed by atoms with van der Waals surface area (Å²) in [5.74, 6) is 0.595. The lowest BCUT2D eigenvalue weighted by Gasteiger charge is -2.31. The van der Waals surface area contributed by atoms with E-state index in [1.807, 2.05) is 16.8 Å². The fourth-order valence-corrected chi connectivity index (χ4v) is 3.94. The van der Waals surface area contributed by atoms with Crippen LogP contribution in [0.15, 0.2) is 23.3 Å². The fourth-order valence-electron chi connectivity index (χ4n) is 3.94. The maximum atomic E-state index is 12.5. The number of H-pyrrole nitrogens is 2. The topological polar surface area (TPSA) is 66.5 Å². The highest BCUT2D eigenvalue weighted by molar-refractivity contribution is 6.00. The first-order chi connectivity index (χ1) is 10.3. The van der Waals surface area contributed by atoms with Crippen LogP contribution in [0.2, 0.25) is 0 Å². The lowest BCUT2D eigenvalue weighted by molar-refractivity contribution is 0.233. The molecule has 0 unspecified atom stereocenters. The Kier molecular flexibility index (Phi) is 2.87. The molecule has 0 aromatic carbocycles. The zero-order valence-corrected chi connectivity index (χ0v) is 12.2. The molecule has 0 spiro atoms. The smallest absolute Gasteiger partial charge is 0.326 e. The SMILES string of the molecule is CC[C@@H]1CCCC[C@@H]1n1c(=O)[nH]c2cnc3[nH]ccc3c21. The van der Waals surface area contributed by atoms with Crippen molar-refractivity contribution in [3.05, 3.63) is 28.9 Å². The molecule has 3 aromatic heterocycles. The molecule has 3 heterocycles. The van der Waals surface area contributed by atoms with Crippen LogP contribution in [-0.2, 0) is 0 Å². The Hall–Kier alpha value is -2.04. The third-order valence-electron chi connectivity index (χ3n) is 4.98. The molecular formula is C16H20N4O. The third kappa shape index (κ3) is 1.83. The van der Waals surface area contributed by atoms with Crippen molar-refractivity contribution in [2.24, 2.45) is 5.92 Å². The van der Waals surface area contributed by atoms with Gasteiger partial charge in [-0.05, 0) is 24.8 Å². The molecule has 3 aromatic rings. The Morgan fingerprint density at radius 3 is 3.10 bits per heavy atom. The van der Waals surface area contributed by atoms with Gasteiger partial charge in [-0.2, -0.15) is 0 Å². The largest absolute Gasteiger partial charge is 0.346 e. The highest BCUT2D eigenvalue weighted by Crippen LogP contribution is 2.37. The van der Waals surface area contributed by atoms with Crippen molar-refractivity contribution in [2.75, 3.05) is 0 Å². The summed E-state index contributed by atoms with van der Waals surface area (Å²) in [6.07, 6.45) is 9.59. The number of nitrogens with zero attached hydrogens (tertiary/aromatic N) is 2. The van der Waals surface area contributed by atoms with Gasteiger partial charge in [0.25, 0.3) is 0 Å². The van der Waals surface area contributed by atoms with Gasteiger partial charge < -0.3 is 9.97 Å². The summed E-state index contributed by atoms with van der Waals surface area (Å²) in [7, 11) is 0. The summed E-state index contributed by atoms with van der Waals surface area (Å²) in [6, 6.07) is 2.32. The number of fused-ring (bicyclic) bond motifs is 3. The highest BCUT2D eigenvalue weighted by Gasteiger charge is 2.28. The van der Waals surface area contributed by atoms with E-state index in [-0.39, 0.29) is 5.69 Å². The molecule has 0 saturated heterocycles. The molecule has 5 heteroatoms. The van der Waals surface area contributed by atoms with Gasteiger partial charge in [0, 0.05) is 17.6 Å². The highest BCUT2D eigenvalue weighted by atomic mass is 16.1.